The van der Waals surface area contributed by atoms with Crippen LogP contribution in [0.5, 0.6) is 0 Å². The molecule has 1 amide bonds. The zero-order valence-electron chi connectivity index (χ0n) is 13.7. The molecule has 7 nitrogen and oxygen atoms in total. The number of aromatic nitrogens is 2. The Labute approximate surface area is 152 Å². The molecule has 0 atom stereocenters. The van der Waals surface area contributed by atoms with E-state index in [4.69, 9.17) is 16.3 Å². The number of hydrogen-bond acceptors (Lipinski definition) is 5. The molecule has 26 heavy (non-hydrogen) atoms. The molecule has 3 aromatic rings. The molecule has 0 radical (unpaired) electrons. The zero-order valence-corrected chi connectivity index (χ0v) is 14.5. The molecule has 0 fully saturated rings. The fraction of sp³-hybridized carbons (Fsp3) is 0.111. The summed E-state index contributed by atoms with van der Waals surface area (Å²) in [7, 11) is 0. The SMILES string of the molecule is Cc1c(Cl)cccc1NC(=O)COC(=O)c1n[nH]c(=O)c2ccccc12. The highest BCUT2D eigenvalue weighted by molar-refractivity contribution is 6.31. The monoisotopic (exact) mass is 371 g/mol. The second-order valence-electron chi connectivity index (χ2n) is 5.48. The Kier molecular flexibility index (Phi) is 4.99. The van der Waals surface area contributed by atoms with Crippen molar-refractivity contribution in [2.75, 3.05) is 11.9 Å². The predicted molar refractivity (Wildman–Crippen MR) is 97.5 cm³/mol. The van der Waals surface area contributed by atoms with Crippen LogP contribution in [0.3, 0.4) is 0 Å². The maximum absolute atomic E-state index is 12.2. The lowest BCUT2D eigenvalue weighted by molar-refractivity contribution is -0.119. The first-order valence-corrected chi connectivity index (χ1v) is 8.04. The van der Waals surface area contributed by atoms with E-state index in [-0.39, 0.29) is 5.69 Å². The Bertz CT molecular complexity index is 1060. The molecule has 0 bridgehead atoms. The maximum Gasteiger partial charge on any atom is 0.359 e. The lowest BCUT2D eigenvalue weighted by Gasteiger charge is -2.10. The standard InChI is InChI=1S/C18H14ClN3O4/c1-10-13(19)7-4-8-14(10)20-15(23)9-26-18(25)16-11-5-2-3-6-12(11)17(24)22-21-16/h2-8H,9H2,1H3,(H,20,23)(H,22,24). The number of carbonyl (C=O) groups excluding carboxylic acids is 2. The van der Waals surface area contributed by atoms with E-state index in [0.717, 1.165) is 0 Å². The highest BCUT2D eigenvalue weighted by atomic mass is 35.5. The average Bonchev–Trinajstić information content (AvgIpc) is 2.64. The van der Waals surface area contributed by atoms with Crippen LogP contribution in [0.15, 0.2) is 47.3 Å². The van der Waals surface area contributed by atoms with Crippen LogP contribution in [0.2, 0.25) is 5.02 Å². The number of nitrogens with zero attached hydrogens (tertiary/aromatic N) is 1. The number of esters is 1. The summed E-state index contributed by atoms with van der Waals surface area (Å²) in [6, 6.07) is 11.6. The molecule has 0 saturated heterocycles. The van der Waals surface area contributed by atoms with Crippen molar-refractivity contribution in [3.8, 4) is 0 Å². The van der Waals surface area contributed by atoms with Gasteiger partial charge in [0, 0.05) is 16.1 Å². The molecule has 132 valence electrons. The molecule has 0 aliphatic carbocycles. The van der Waals surface area contributed by atoms with Gasteiger partial charge in [-0.15, -0.1) is 0 Å². The van der Waals surface area contributed by atoms with E-state index in [1.807, 2.05) is 0 Å². The molecule has 2 N–H and O–H groups in total. The summed E-state index contributed by atoms with van der Waals surface area (Å²) in [5.74, 6) is -1.33. The number of amides is 1. The van der Waals surface area contributed by atoms with Crippen molar-refractivity contribution in [2.24, 2.45) is 0 Å². The smallest absolute Gasteiger partial charge is 0.359 e. The molecular formula is C18H14ClN3O4. The summed E-state index contributed by atoms with van der Waals surface area (Å²) in [4.78, 5) is 36.0. The number of benzene rings is 2. The first-order chi connectivity index (χ1) is 12.5. The van der Waals surface area contributed by atoms with E-state index in [2.05, 4.69) is 15.5 Å². The van der Waals surface area contributed by atoms with E-state index in [0.29, 0.717) is 27.0 Å². The van der Waals surface area contributed by atoms with E-state index < -0.39 is 24.0 Å². The summed E-state index contributed by atoms with van der Waals surface area (Å²) in [6.07, 6.45) is 0. The van der Waals surface area contributed by atoms with E-state index in [1.54, 1.807) is 49.4 Å². The first kappa shape index (κ1) is 17.6. The van der Waals surface area contributed by atoms with Gasteiger partial charge in [-0.1, -0.05) is 35.9 Å². The van der Waals surface area contributed by atoms with Gasteiger partial charge in [0.25, 0.3) is 11.5 Å². The highest BCUT2D eigenvalue weighted by Crippen LogP contribution is 2.22. The normalized spacial score (nSPS) is 10.5. The van der Waals surface area contributed by atoms with Crippen molar-refractivity contribution >= 4 is 39.9 Å². The van der Waals surface area contributed by atoms with Crippen LogP contribution in [0, 0.1) is 6.92 Å². The number of H-pyrrole nitrogens is 1. The molecular weight excluding hydrogens is 358 g/mol. The summed E-state index contributed by atoms with van der Waals surface area (Å²) >= 11 is 6.00. The summed E-state index contributed by atoms with van der Waals surface area (Å²) in [5, 5.41) is 9.79. The highest BCUT2D eigenvalue weighted by Gasteiger charge is 2.17. The minimum absolute atomic E-state index is 0.0630. The van der Waals surface area contributed by atoms with Crippen LogP contribution in [0.1, 0.15) is 16.1 Å². The number of hydrogen-bond donors (Lipinski definition) is 2. The summed E-state index contributed by atoms with van der Waals surface area (Å²) < 4.78 is 5.01. The molecule has 0 aliphatic rings. The largest absolute Gasteiger partial charge is 0.451 e. The third kappa shape index (κ3) is 3.57. The number of rotatable bonds is 4. The van der Waals surface area contributed by atoms with Crippen LogP contribution < -0.4 is 10.9 Å². The number of halogens is 1. The average molecular weight is 372 g/mol. The molecule has 1 heterocycles. The van der Waals surface area contributed by atoms with Gasteiger partial charge in [0.05, 0.1) is 5.39 Å². The van der Waals surface area contributed by atoms with Crippen molar-refractivity contribution in [2.45, 2.75) is 6.92 Å². The van der Waals surface area contributed by atoms with Gasteiger partial charge in [-0.3, -0.25) is 9.59 Å². The minimum Gasteiger partial charge on any atom is -0.451 e. The third-order valence-corrected chi connectivity index (χ3v) is 4.18. The molecule has 2 aromatic carbocycles. The number of anilines is 1. The van der Waals surface area contributed by atoms with Crippen LogP contribution >= 0.6 is 11.6 Å². The van der Waals surface area contributed by atoms with Crippen molar-refractivity contribution in [1.82, 2.24) is 10.2 Å². The van der Waals surface area contributed by atoms with Crippen LogP contribution in [-0.2, 0) is 9.53 Å². The Morgan fingerprint density at radius 2 is 1.88 bits per heavy atom. The van der Waals surface area contributed by atoms with Gasteiger partial charge in [-0.05, 0) is 30.7 Å². The fourth-order valence-corrected chi connectivity index (χ4v) is 2.57. The second kappa shape index (κ2) is 7.37. The second-order valence-corrected chi connectivity index (χ2v) is 5.89. The van der Waals surface area contributed by atoms with Gasteiger partial charge in [0.15, 0.2) is 12.3 Å². The lowest BCUT2D eigenvalue weighted by Crippen LogP contribution is -2.23. The van der Waals surface area contributed by atoms with Crippen molar-refractivity contribution < 1.29 is 14.3 Å². The Hall–Kier alpha value is -3.19. The minimum atomic E-state index is -0.810. The van der Waals surface area contributed by atoms with Gasteiger partial charge in [0.1, 0.15) is 0 Å². The van der Waals surface area contributed by atoms with Crippen LogP contribution in [-0.4, -0.2) is 28.7 Å². The van der Waals surface area contributed by atoms with Crippen LogP contribution in [0.25, 0.3) is 10.8 Å². The lowest BCUT2D eigenvalue weighted by atomic mass is 10.1. The summed E-state index contributed by atoms with van der Waals surface area (Å²) in [6.45, 7) is 1.26. The van der Waals surface area contributed by atoms with E-state index >= 15 is 0 Å². The predicted octanol–water partition coefficient (Wildman–Crippen LogP) is 2.68. The maximum atomic E-state index is 12.2. The van der Waals surface area contributed by atoms with Gasteiger partial charge >= 0.3 is 5.97 Å². The number of aromatic amines is 1. The Morgan fingerprint density at radius 1 is 1.15 bits per heavy atom. The van der Waals surface area contributed by atoms with Gasteiger partial charge in [-0.25, -0.2) is 9.89 Å². The first-order valence-electron chi connectivity index (χ1n) is 7.67. The summed E-state index contributed by atoms with van der Waals surface area (Å²) in [5.41, 5.74) is 0.770. The van der Waals surface area contributed by atoms with Gasteiger partial charge in [0.2, 0.25) is 0 Å². The van der Waals surface area contributed by atoms with Crippen molar-refractivity contribution in [3.63, 3.8) is 0 Å². The molecule has 8 heteroatoms. The van der Waals surface area contributed by atoms with Gasteiger partial charge < -0.3 is 10.1 Å². The van der Waals surface area contributed by atoms with Crippen molar-refractivity contribution in [1.29, 1.82) is 0 Å². The molecule has 3 rings (SSSR count). The molecule has 0 saturated carbocycles. The topological polar surface area (TPSA) is 101 Å². The number of ether oxygens (including phenoxy) is 1. The van der Waals surface area contributed by atoms with E-state index in [9.17, 15) is 14.4 Å². The Morgan fingerprint density at radius 3 is 2.65 bits per heavy atom. The fourth-order valence-electron chi connectivity index (χ4n) is 2.40. The quantitative estimate of drug-likeness (QED) is 0.686. The molecule has 0 aliphatic heterocycles. The van der Waals surface area contributed by atoms with Gasteiger partial charge in [-0.2, -0.15) is 5.10 Å². The van der Waals surface area contributed by atoms with E-state index in [1.165, 1.54) is 0 Å². The molecule has 0 unspecified atom stereocenters. The zero-order chi connectivity index (χ0) is 18.7. The number of fused-ring (bicyclic) bond motifs is 1. The van der Waals surface area contributed by atoms with Crippen LogP contribution in [0.4, 0.5) is 5.69 Å². The molecule has 1 aromatic heterocycles. The Balaban J connectivity index is 1.71. The number of nitrogens with one attached hydrogen (secondary N) is 2. The third-order valence-electron chi connectivity index (χ3n) is 3.77. The molecule has 0 spiro atoms. The number of carbonyl (C=O) groups is 2. The van der Waals surface area contributed by atoms with Crippen molar-refractivity contribution in [3.05, 3.63) is 69.1 Å².